The lowest BCUT2D eigenvalue weighted by Crippen LogP contribution is -2.45. The van der Waals surface area contributed by atoms with Gasteiger partial charge in [-0.3, -0.25) is 0 Å². The lowest BCUT2D eigenvalue weighted by molar-refractivity contribution is -0.156. The summed E-state index contributed by atoms with van der Waals surface area (Å²) in [6, 6.07) is 5.23. The van der Waals surface area contributed by atoms with Crippen molar-refractivity contribution in [1.29, 1.82) is 0 Å². The third kappa shape index (κ3) is 4.46. The smallest absolute Gasteiger partial charge is 0.336 e. The number of carboxylic acid groups (broad SMARTS) is 1. The molecule has 0 aromatic heterocycles. The second-order valence-corrected chi connectivity index (χ2v) is 5.09. The van der Waals surface area contributed by atoms with Crippen LogP contribution in [0.2, 0.25) is 10.0 Å². The molecule has 1 rings (SSSR count). The number of hydrogen-bond donors (Lipinski definition) is 3. The Morgan fingerprint density at radius 2 is 2.11 bits per heavy atom. The van der Waals surface area contributed by atoms with Gasteiger partial charge in [0.15, 0.2) is 5.60 Å². The second kappa shape index (κ2) is 6.38. The summed E-state index contributed by atoms with van der Waals surface area (Å²) in [5.74, 6) is -1.25. The standard InChI is InChI=1S/C12H15Cl2NO3/c1-12(18,11(16)17)7-15-5-4-8-2-3-9(13)6-10(8)14/h2-3,6,15,18H,4-5,7H2,1H3,(H,16,17). The van der Waals surface area contributed by atoms with Crippen molar-refractivity contribution in [1.82, 2.24) is 5.32 Å². The minimum absolute atomic E-state index is 0.0203. The Labute approximate surface area is 116 Å². The summed E-state index contributed by atoms with van der Waals surface area (Å²) in [6.07, 6.45) is 0.631. The molecule has 0 amide bonds. The monoisotopic (exact) mass is 291 g/mol. The third-order valence-corrected chi connectivity index (χ3v) is 3.10. The predicted molar refractivity (Wildman–Crippen MR) is 71.3 cm³/mol. The van der Waals surface area contributed by atoms with Crippen LogP contribution in [0, 0.1) is 0 Å². The summed E-state index contributed by atoms with van der Waals surface area (Å²) in [5, 5.41) is 22.2. The molecule has 0 fully saturated rings. The molecule has 6 heteroatoms. The van der Waals surface area contributed by atoms with Crippen LogP contribution >= 0.6 is 23.2 Å². The van der Waals surface area contributed by atoms with Gasteiger partial charge in [-0.1, -0.05) is 29.3 Å². The zero-order chi connectivity index (χ0) is 13.8. The van der Waals surface area contributed by atoms with Gasteiger partial charge in [-0.25, -0.2) is 4.79 Å². The molecule has 3 N–H and O–H groups in total. The van der Waals surface area contributed by atoms with Crippen molar-refractivity contribution in [3.63, 3.8) is 0 Å². The van der Waals surface area contributed by atoms with Crippen molar-refractivity contribution in [2.75, 3.05) is 13.1 Å². The number of nitrogens with one attached hydrogen (secondary N) is 1. The average molecular weight is 292 g/mol. The maximum atomic E-state index is 10.7. The van der Waals surface area contributed by atoms with Crippen LogP contribution in [-0.2, 0) is 11.2 Å². The lowest BCUT2D eigenvalue weighted by atomic mass is 10.1. The SMILES string of the molecule is CC(O)(CNCCc1ccc(Cl)cc1Cl)C(=O)O. The number of aliphatic carboxylic acids is 1. The van der Waals surface area contributed by atoms with Crippen LogP contribution in [0.1, 0.15) is 12.5 Å². The zero-order valence-electron chi connectivity index (χ0n) is 9.91. The quantitative estimate of drug-likeness (QED) is 0.701. The molecule has 1 atom stereocenters. The molecule has 4 nitrogen and oxygen atoms in total. The van der Waals surface area contributed by atoms with Gasteiger partial charge in [-0.15, -0.1) is 0 Å². The molecule has 0 aliphatic rings. The molecule has 0 aliphatic heterocycles. The molecule has 0 saturated heterocycles. The summed E-state index contributed by atoms with van der Waals surface area (Å²) in [6.45, 7) is 1.75. The normalized spacial score (nSPS) is 14.2. The maximum absolute atomic E-state index is 10.7. The van der Waals surface area contributed by atoms with Crippen molar-refractivity contribution in [2.45, 2.75) is 18.9 Å². The molecule has 1 unspecified atom stereocenters. The number of hydrogen-bond acceptors (Lipinski definition) is 3. The first kappa shape index (κ1) is 15.2. The molecule has 1 aromatic rings. The largest absolute Gasteiger partial charge is 0.479 e. The molecule has 0 heterocycles. The molecular formula is C12H15Cl2NO3. The highest BCUT2D eigenvalue weighted by molar-refractivity contribution is 6.35. The van der Waals surface area contributed by atoms with Crippen LogP contribution in [0.3, 0.4) is 0 Å². The van der Waals surface area contributed by atoms with E-state index in [0.29, 0.717) is 23.0 Å². The average Bonchev–Trinajstić information content (AvgIpc) is 2.26. The Bertz CT molecular complexity index is 435. The summed E-state index contributed by atoms with van der Waals surface area (Å²) < 4.78 is 0. The van der Waals surface area contributed by atoms with E-state index in [4.69, 9.17) is 28.3 Å². The Kier molecular flexibility index (Phi) is 5.41. The van der Waals surface area contributed by atoms with Crippen molar-refractivity contribution >= 4 is 29.2 Å². The van der Waals surface area contributed by atoms with Crippen LogP contribution in [0.5, 0.6) is 0 Å². The molecule has 100 valence electrons. The second-order valence-electron chi connectivity index (χ2n) is 4.24. The molecule has 0 spiro atoms. The first-order valence-corrected chi connectivity index (χ1v) is 6.19. The third-order valence-electron chi connectivity index (χ3n) is 2.52. The van der Waals surface area contributed by atoms with Crippen LogP contribution in [0.15, 0.2) is 18.2 Å². The van der Waals surface area contributed by atoms with E-state index >= 15 is 0 Å². The molecule has 0 radical (unpaired) electrons. The van der Waals surface area contributed by atoms with Crippen LogP contribution in [-0.4, -0.2) is 34.9 Å². The van der Waals surface area contributed by atoms with Gasteiger partial charge in [0, 0.05) is 16.6 Å². The Morgan fingerprint density at radius 1 is 1.44 bits per heavy atom. The summed E-state index contributed by atoms with van der Waals surface area (Å²) in [5.41, 5.74) is -0.840. The topological polar surface area (TPSA) is 69.6 Å². The van der Waals surface area contributed by atoms with E-state index in [1.807, 2.05) is 6.07 Å². The predicted octanol–water partition coefficient (Wildman–Crippen LogP) is 1.96. The Morgan fingerprint density at radius 3 is 2.67 bits per heavy atom. The highest BCUT2D eigenvalue weighted by Crippen LogP contribution is 2.21. The molecule has 0 aliphatic carbocycles. The van der Waals surface area contributed by atoms with Crippen molar-refractivity contribution < 1.29 is 15.0 Å². The van der Waals surface area contributed by atoms with E-state index in [-0.39, 0.29) is 6.54 Å². The maximum Gasteiger partial charge on any atom is 0.336 e. The highest BCUT2D eigenvalue weighted by atomic mass is 35.5. The van der Waals surface area contributed by atoms with Gasteiger partial charge < -0.3 is 15.5 Å². The number of aliphatic hydroxyl groups is 1. The number of carboxylic acids is 1. The lowest BCUT2D eigenvalue weighted by Gasteiger charge is -2.18. The van der Waals surface area contributed by atoms with Gasteiger partial charge in [0.2, 0.25) is 0 Å². The minimum atomic E-state index is -1.76. The summed E-state index contributed by atoms with van der Waals surface area (Å²) in [7, 11) is 0. The van der Waals surface area contributed by atoms with Gasteiger partial charge >= 0.3 is 5.97 Å². The van der Waals surface area contributed by atoms with Crippen LogP contribution in [0.25, 0.3) is 0 Å². The Hall–Kier alpha value is -0.810. The van der Waals surface area contributed by atoms with Crippen molar-refractivity contribution in [3.05, 3.63) is 33.8 Å². The van der Waals surface area contributed by atoms with Gasteiger partial charge in [0.1, 0.15) is 0 Å². The van der Waals surface area contributed by atoms with Crippen LogP contribution < -0.4 is 5.32 Å². The molecular weight excluding hydrogens is 277 g/mol. The van der Waals surface area contributed by atoms with E-state index in [1.54, 1.807) is 12.1 Å². The zero-order valence-corrected chi connectivity index (χ0v) is 11.4. The van der Waals surface area contributed by atoms with Crippen LogP contribution in [0.4, 0.5) is 0 Å². The van der Waals surface area contributed by atoms with E-state index in [2.05, 4.69) is 5.32 Å². The number of halogens is 2. The first-order valence-electron chi connectivity index (χ1n) is 5.43. The fourth-order valence-corrected chi connectivity index (χ4v) is 1.86. The molecule has 18 heavy (non-hydrogen) atoms. The summed E-state index contributed by atoms with van der Waals surface area (Å²) >= 11 is 11.8. The number of carbonyl (C=O) groups is 1. The van der Waals surface area contributed by atoms with E-state index in [0.717, 1.165) is 5.56 Å². The van der Waals surface area contributed by atoms with Gasteiger partial charge in [-0.05, 0) is 37.6 Å². The Balaban J connectivity index is 2.41. The van der Waals surface area contributed by atoms with Gasteiger partial charge in [-0.2, -0.15) is 0 Å². The van der Waals surface area contributed by atoms with E-state index in [1.165, 1.54) is 6.92 Å². The number of benzene rings is 1. The fraction of sp³-hybridized carbons (Fsp3) is 0.417. The first-order chi connectivity index (χ1) is 8.33. The van der Waals surface area contributed by atoms with Gasteiger partial charge in [0.05, 0.1) is 0 Å². The summed E-state index contributed by atoms with van der Waals surface area (Å²) in [4.78, 5) is 10.7. The van der Waals surface area contributed by atoms with Crippen molar-refractivity contribution in [2.24, 2.45) is 0 Å². The minimum Gasteiger partial charge on any atom is -0.479 e. The van der Waals surface area contributed by atoms with Gasteiger partial charge in [0.25, 0.3) is 0 Å². The molecule has 0 saturated carbocycles. The number of rotatable bonds is 6. The van der Waals surface area contributed by atoms with E-state index in [9.17, 15) is 9.90 Å². The fourth-order valence-electron chi connectivity index (χ4n) is 1.35. The molecule has 0 bridgehead atoms. The highest BCUT2D eigenvalue weighted by Gasteiger charge is 2.28. The van der Waals surface area contributed by atoms with Crippen molar-refractivity contribution in [3.8, 4) is 0 Å². The molecule has 1 aromatic carbocycles. The van der Waals surface area contributed by atoms with E-state index < -0.39 is 11.6 Å².